The summed E-state index contributed by atoms with van der Waals surface area (Å²) in [5, 5.41) is 4.64. The monoisotopic (exact) mass is 266 g/mol. The summed E-state index contributed by atoms with van der Waals surface area (Å²) < 4.78 is 5.67. The van der Waals surface area contributed by atoms with Gasteiger partial charge in [-0.05, 0) is 48.9 Å². The van der Waals surface area contributed by atoms with Gasteiger partial charge in [0.1, 0.15) is 5.76 Å². The van der Waals surface area contributed by atoms with Crippen molar-refractivity contribution in [3.05, 3.63) is 65.7 Å². The molecule has 20 heavy (non-hydrogen) atoms. The van der Waals surface area contributed by atoms with Crippen LogP contribution in [0.5, 0.6) is 0 Å². The third kappa shape index (κ3) is 2.32. The Labute approximate surface area is 118 Å². The van der Waals surface area contributed by atoms with Crippen LogP contribution in [-0.2, 0) is 0 Å². The van der Waals surface area contributed by atoms with Crippen LogP contribution in [0.1, 0.15) is 29.9 Å². The van der Waals surface area contributed by atoms with Gasteiger partial charge in [0.15, 0.2) is 0 Å². The SMILES string of the molecule is CCNC(c1ccc2ncccc2c1)c1occc1C. The highest BCUT2D eigenvalue weighted by atomic mass is 16.3. The predicted octanol–water partition coefficient (Wildman–Crippen LogP) is 3.84. The fourth-order valence-electron chi connectivity index (χ4n) is 2.52. The van der Waals surface area contributed by atoms with E-state index in [9.17, 15) is 0 Å². The average Bonchev–Trinajstić information content (AvgIpc) is 2.90. The summed E-state index contributed by atoms with van der Waals surface area (Å²) in [6, 6.07) is 12.5. The maximum Gasteiger partial charge on any atom is 0.128 e. The van der Waals surface area contributed by atoms with Gasteiger partial charge >= 0.3 is 0 Å². The van der Waals surface area contributed by atoms with Crippen molar-refractivity contribution in [3.63, 3.8) is 0 Å². The molecule has 3 rings (SSSR count). The van der Waals surface area contributed by atoms with Crippen molar-refractivity contribution >= 4 is 10.9 Å². The van der Waals surface area contributed by atoms with Crippen molar-refractivity contribution in [1.29, 1.82) is 0 Å². The summed E-state index contributed by atoms with van der Waals surface area (Å²) in [5.41, 5.74) is 3.38. The zero-order chi connectivity index (χ0) is 13.9. The topological polar surface area (TPSA) is 38.1 Å². The molecular weight excluding hydrogens is 248 g/mol. The minimum Gasteiger partial charge on any atom is -0.467 e. The van der Waals surface area contributed by atoms with Gasteiger partial charge in [-0.2, -0.15) is 0 Å². The number of hydrogen-bond acceptors (Lipinski definition) is 3. The second-order valence-corrected chi connectivity index (χ2v) is 4.91. The molecule has 102 valence electrons. The molecule has 0 fully saturated rings. The highest BCUT2D eigenvalue weighted by Gasteiger charge is 2.18. The van der Waals surface area contributed by atoms with E-state index in [1.807, 2.05) is 18.3 Å². The van der Waals surface area contributed by atoms with E-state index in [0.717, 1.165) is 23.2 Å². The van der Waals surface area contributed by atoms with E-state index in [4.69, 9.17) is 4.42 Å². The summed E-state index contributed by atoms with van der Waals surface area (Å²) in [7, 11) is 0. The van der Waals surface area contributed by atoms with Gasteiger partial charge in [0.2, 0.25) is 0 Å². The number of nitrogens with zero attached hydrogens (tertiary/aromatic N) is 1. The van der Waals surface area contributed by atoms with Crippen LogP contribution in [0.15, 0.2) is 53.3 Å². The van der Waals surface area contributed by atoms with E-state index in [1.54, 1.807) is 6.26 Å². The molecule has 0 radical (unpaired) electrons. The molecule has 1 unspecified atom stereocenters. The van der Waals surface area contributed by atoms with Crippen LogP contribution in [0.25, 0.3) is 10.9 Å². The standard InChI is InChI=1S/C17H18N2O/c1-3-18-16(17-12(2)8-10-20-17)14-6-7-15-13(11-14)5-4-9-19-15/h4-11,16,18H,3H2,1-2H3. The van der Waals surface area contributed by atoms with E-state index in [2.05, 4.69) is 48.4 Å². The summed E-state index contributed by atoms with van der Waals surface area (Å²) in [5.74, 6) is 0.982. The Bertz CT molecular complexity index is 718. The third-order valence-electron chi connectivity index (χ3n) is 3.53. The third-order valence-corrected chi connectivity index (χ3v) is 3.53. The van der Waals surface area contributed by atoms with Crippen molar-refractivity contribution in [2.45, 2.75) is 19.9 Å². The van der Waals surface area contributed by atoms with Gasteiger partial charge in [0, 0.05) is 11.6 Å². The second kappa shape index (κ2) is 5.47. The minimum atomic E-state index is 0.0830. The normalized spacial score (nSPS) is 12.7. The molecule has 0 amide bonds. The minimum absolute atomic E-state index is 0.0830. The lowest BCUT2D eigenvalue weighted by Crippen LogP contribution is -2.22. The van der Waals surface area contributed by atoms with Crippen LogP contribution in [-0.4, -0.2) is 11.5 Å². The Hall–Kier alpha value is -2.13. The van der Waals surface area contributed by atoms with Crippen molar-refractivity contribution in [3.8, 4) is 0 Å². The molecule has 1 atom stereocenters. The van der Waals surface area contributed by atoms with Crippen LogP contribution in [0.4, 0.5) is 0 Å². The predicted molar refractivity (Wildman–Crippen MR) is 80.7 cm³/mol. The quantitative estimate of drug-likeness (QED) is 0.779. The smallest absolute Gasteiger partial charge is 0.128 e. The lowest BCUT2D eigenvalue weighted by molar-refractivity contribution is 0.449. The van der Waals surface area contributed by atoms with Gasteiger partial charge in [0.25, 0.3) is 0 Å². The Morgan fingerprint density at radius 3 is 2.90 bits per heavy atom. The first-order chi connectivity index (χ1) is 9.79. The molecule has 0 aliphatic carbocycles. The Balaban J connectivity index is 2.07. The maximum atomic E-state index is 5.67. The van der Waals surface area contributed by atoms with Crippen LogP contribution in [0, 0.1) is 6.92 Å². The number of rotatable bonds is 4. The molecule has 0 aliphatic rings. The Morgan fingerprint density at radius 1 is 1.25 bits per heavy atom. The van der Waals surface area contributed by atoms with Gasteiger partial charge < -0.3 is 9.73 Å². The molecule has 3 aromatic rings. The zero-order valence-electron chi connectivity index (χ0n) is 11.8. The average molecular weight is 266 g/mol. The van der Waals surface area contributed by atoms with E-state index < -0.39 is 0 Å². The van der Waals surface area contributed by atoms with Crippen LogP contribution >= 0.6 is 0 Å². The lowest BCUT2D eigenvalue weighted by Gasteiger charge is -2.17. The highest BCUT2D eigenvalue weighted by Crippen LogP contribution is 2.27. The molecule has 0 spiro atoms. The van der Waals surface area contributed by atoms with Crippen molar-refractivity contribution < 1.29 is 4.42 Å². The number of pyridine rings is 1. The molecular formula is C17H18N2O. The molecule has 3 heteroatoms. The number of benzene rings is 1. The summed E-state index contributed by atoms with van der Waals surface area (Å²) in [6.07, 6.45) is 3.57. The first kappa shape index (κ1) is 12.9. The Kier molecular flexibility index (Phi) is 3.52. The van der Waals surface area contributed by atoms with Crippen molar-refractivity contribution in [2.75, 3.05) is 6.54 Å². The van der Waals surface area contributed by atoms with Gasteiger partial charge in [-0.1, -0.05) is 19.1 Å². The largest absolute Gasteiger partial charge is 0.467 e. The first-order valence-corrected chi connectivity index (χ1v) is 6.91. The molecule has 1 N–H and O–H groups in total. The number of hydrogen-bond donors (Lipinski definition) is 1. The summed E-state index contributed by atoms with van der Waals surface area (Å²) in [4.78, 5) is 4.36. The molecule has 0 aliphatic heterocycles. The van der Waals surface area contributed by atoms with Gasteiger partial charge in [0.05, 0.1) is 17.8 Å². The molecule has 2 aromatic heterocycles. The highest BCUT2D eigenvalue weighted by molar-refractivity contribution is 5.79. The Morgan fingerprint density at radius 2 is 2.15 bits per heavy atom. The lowest BCUT2D eigenvalue weighted by atomic mass is 10.00. The van der Waals surface area contributed by atoms with E-state index >= 15 is 0 Å². The van der Waals surface area contributed by atoms with Crippen molar-refractivity contribution in [1.82, 2.24) is 10.3 Å². The first-order valence-electron chi connectivity index (χ1n) is 6.91. The van der Waals surface area contributed by atoms with Crippen LogP contribution in [0.2, 0.25) is 0 Å². The maximum absolute atomic E-state index is 5.67. The fourth-order valence-corrected chi connectivity index (χ4v) is 2.52. The van der Waals surface area contributed by atoms with Crippen LogP contribution < -0.4 is 5.32 Å². The number of aryl methyl sites for hydroxylation is 1. The van der Waals surface area contributed by atoms with E-state index in [1.165, 1.54) is 11.1 Å². The van der Waals surface area contributed by atoms with Crippen molar-refractivity contribution in [2.24, 2.45) is 0 Å². The number of fused-ring (bicyclic) bond motifs is 1. The van der Waals surface area contributed by atoms with Gasteiger partial charge in [-0.3, -0.25) is 4.98 Å². The van der Waals surface area contributed by atoms with Gasteiger partial charge in [-0.25, -0.2) is 0 Å². The molecule has 0 saturated carbocycles. The molecule has 0 bridgehead atoms. The van der Waals surface area contributed by atoms with Crippen LogP contribution in [0.3, 0.4) is 0 Å². The number of aromatic nitrogens is 1. The zero-order valence-corrected chi connectivity index (χ0v) is 11.8. The molecule has 3 nitrogen and oxygen atoms in total. The van der Waals surface area contributed by atoms with Gasteiger partial charge in [-0.15, -0.1) is 0 Å². The summed E-state index contributed by atoms with van der Waals surface area (Å²) in [6.45, 7) is 5.07. The number of furan rings is 1. The van der Waals surface area contributed by atoms with E-state index in [-0.39, 0.29) is 6.04 Å². The molecule has 0 saturated heterocycles. The number of nitrogens with one attached hydrogen (secondary N) is 1. The fraction of sp³-hybridized carbons (Fsp3) is 0.235. The second-order valence-electron chi connectivity index (χ2n) is 4.91. The molecule has 1 aromatic carbocycles. The van der Waals surface area contributed by atoms with E-state index in [0.29, 0.717) is 0 Å². The molecule has 2 heterocycles. The summed E-state index contributed by atoms with van der Waals surface area (Å²) >= 11 is 0.